The molecular formula is C28H38Cl2FN3O3. The van der Waals surface area contributed by atoms with E-state index in [1.807, 2.05) is 26.2 Å². The standard InChI is InChI=1S/C28H36FN3O3.2ClH/c1-31(2)17-24-26(34-22-6-4-21(29)5-7-22)10-8-23-25(30-35-27(23)24)9-3-20-11-15-32(16-12-20)18-28(19-33)13-14-28;;/h4-8,10,20,33H,3,9,11-19H2,1-2H3;2*1H. The molecule has 1 N–H and O–H groups in total. The Kier molecular flexibility index (Phi) is 10.2. The zero-order valence-corrected chi connectivity index (χ0v) is 23.3. The molecular weight excluding hydrogens is 516 g/mol. The van der Waals surface area contributed by atoms with Crippen molar-refractivity contribution >= 4 is 35.8 Å². The van der Waals surface area contributed by atoms with Crippen molar-refractivity contribution < 1.29 is 18.8 Å². The number of fused-ring (bicyclic) bond motifs is 1. The maximum absolute atomic E-state index is 13.3. The highest BCUT2D eigenvalue weighted by atomic mass is 35.5. The number of piperidine rings is 1. The van der Waals surface area contributed by atoms with Crippen LogP contribution in [-0.4, -0.2) is 60.4 Å². The van der Waals surface area contributed by atoms with E-state index in [9.17, 15) is 9.50 Å². The minimum Gasteiger partial charge on any atom is -0.457 e. The van der Waals surface area contributed by atoms with Crippen molar-refractivity contribution in [2.75, 3.05) is 40.3 Å². The van der Waals surface area contributed by atoms with Crippen LogP contribution < -0.4 is 4.74 Å². The Bertz CT molecular complexity index is 1140. The van der Waals surface area contributed by atoms with Crippen LogP contribution in [-0.2, 0) is 13.0 Å². The minimum absolute atomic E-state index is 0. The number of aryl methyl sites for hydroxylation is 1. The van der Waals surface area contributed by atoms with E-state index >= 15 is 0 Å². The Balaban J connectivity index is 0.00000190. The van der Waals surface area contributed by atoms with Crippen LogP contribution in [0.15, 0.2) is 40.9 Å². The zero-order valence-electron chi connectivity index (χ0n) is 21.6. The predicted octanol–water partition coefficient (Wildman–Crippen LogP) is 6.08. The molecule has 6 nitrogen and oxygen atoms in total. The van der Waals surface area contributed by atoms with Crippen LogP contribution in [0.3, 0.4) is 0 Å². The van der Waals surface area contributed by atoms with Gasteiger partial charge < -0.3 is 24.2 Å². The molecule has 204 valence electrons. The molecule has 3 aromatic rings. The molecule has 1 saturated heterocycles. The Labute approximate surface area is 230 Å². The maximum Gasteiger partial charge on any atom is 0.175 e. The summed E-state index contributed by atoms with van der Waals surface area (Å²) in [5.74, 6) is 1.70. The van der Waals surface area contributed by atoms with Crippen molar-refractivity contribution in [3.05, 3.63) is 53.5 Å². The van der Waals surface area contributed by atoms with Crippen LogP contribution >= 0.6 is 24.8 Å². The molecule has 2 heterocycles. The van der Waals surface area contributed by atoms with Crippen LogP contribution in [0.5, 0.6) is 11.5 Å². The van der Waals surface area contributed by atoms with Gasteiger partial charge in [-0.2, -0.15) is 0 Å². The number of aliphatic hydroxyl groups is 1. The lowest BCUT2D eigenvalue weighted by Gasteiger charge is -2.34. The summed E-state index contributed by atoms with van der Waals surface area (Å²) in [6.07, 6.45) is 6.77. The van der Waals surface area contributed by atoms with Crippen LogP contribution in [0, 0.1) is 17.2 Å². The van der Waals surface area contributed by atoms with Crippen molar-refractivity contribution in [3.63, 3.8) is 0 Å². The zero-order chi connectivity index (χ0) is 24.4. The molecule has 0 radical (unpaired) electrons. The molecule has 1 saturated carbocycles. The number of aromatic nitrogens is 1. The predicted molar refractivity (Wildman–Crippen MR) is 149 cm³/mol. The molecule has 9 heteroatoms. The van der Waals surface area contributed by atoms with Crippen molar-refractivity contribution in [1.82, 2.24) is 15.0 Å². The normalized spacial score (nSPS) is 17.4. The number of ether oxygens (including phenoxy) is 1. The van der Waals surface area contributed by atoms with Crippen molar-refractivity contribution in [3.8, 4) is 11.5 Å². The molecule has 2 aromatic carbocycles. The van der Waals surface area contributed by atoms with Crippen molar-refractivity contribution in [2.24, 2.45) is 11.3 Å². The lowest BCUT2D eigenvalue weighted by Crippen LogP contribution is -2.38. The van der Waals surface area contributed by atoms with Crippen LogP contribution in [0.25, 0.3) is 11.0 Å². The van der Waals surface area contributed by atoms with Crippen molar-refractivity contribution in [2.45, 2.75) is 45.1 Å². The summed E-state index contributed by atoms with van der Waals surface area (Å²) in [4.78, 5) is 4.62. The molecule has 0 spiro atoms. The Morgan fingerprint density at radius 1 is 1.11 bits per heavy atom. The first-order valence-corrected chi connectivity index (χ1v) is 12.8. The van der Waals surface area contributed by atoms with Gasteiger partial charge in [-0.25, -0.2) is 4.39 Å². The number of halogens is 3. The number of hydrogen-bond donors (Lipinski definition) is 1. The summed E-state index contributed by atoms with van der Waals surface area (Å²) in [7, 11) is 4.02. The fourth-order valence-corrected chi connectivity index (χ4v) is 5.25. The van der Waals surface area contributed by atoms with Gasteiger partial charge in [-0.1, -0.05) is 5.16 Å². The molecule has 0 unspecified atom stereocenters. The van der Waals surface area contributed by atoms with Gasteiger partial charge in [0.2, 0.25) is 0 Å². The second-order valence-electron chi connectivity index (χ2n) is 10.8. The third kappa shape index (κ3) is 7.15. The highest BCUT2D eigenvalue weighted by Gasteiger charge is 2.43. The van der Waals surface area contributed by atoms with Gasteiger partial charge in [-0.15, -0.1) is 24.8 Å². The second-order valence-corrected chi connectivity index (χ2v) is 10.8. The van der Waals surface area contributed by atoms with Crippen LogP contribution in [0.4, 0.5) is 4.39 Å². The summed E-state index contributed by atoms with van der Waals surface area (Å²) in [6, 6.07) is 10.1. The summed E-state index contributed by atoms with van der Waals surface area (Å²) >= 11 is 0. The van der Waals surface area contributed by atoms with E-state index < -0.39 is 0 Å². The number of rotatable bonds is 10. The van der Waals surface area contributed by atoms with E-state index in [0.717, 1.165) is 54.7 Å². The van der Waals surface area contributed by atoms with Crippen LogP contribution in [0.1, 0.15) is 43.4 Å². The third-order valence-corrected chi connectivity index (χ3v) is 7.64. The number of hydrogen-bond acceptors (Lipinski definition) is 6. The molecule has 1 aromatic heterocycles. The second kappa shape index (κ2) is 12.8. The molecule has 37 heavy (non-hydrogen) atoms. The Morgan fingerprint density at radius 3 is 2.43 bits per heavy atom. The van der Waals surface area contributed by atoms with Crippen LogP contribution in [0.2, 0.25) is 0 Å². The summed E-state index contributed by atoms with van der Waals surface area (Å²) in [6.45, 7) is 4.29. The Hall–Kier alpha value is -1.90. The fourth-order valence-electron chi connectivity index (χ4n) is 5.25. The number of nitrogens with zero attached hydrogens (tertiary/aromatic N) is 3. The number of likely N-dealkylation sites (tertiary alicyclic amines) is 1. The number of benzene rings is 2. The molecule has 5 rings (SSSR count). The topological polar surface area (TPSA) is 62.0 Å². The largest absolute Gasteiger partial charge is 0.457 e. The average molecular weight is 555 g/mol. The van der Waals surface area contributed by atoms with Crippen molar-refractivity contribution in [1.29, 1.82) is 0 Å². The first-order chi connectivity index (χ1) is 16.9. The first-order valence-electron chi connectivity index (χ1n) is 12.8. The van der Waals surface area contributed by atoms with Gasteiger partial charge in [0, 0.05) is 30.5 Å². The summed E-state index contributed by atoms with van der Waals surface area (Å²) in [5, 5.41) is 15.1. The average Bonchev–Trinajstić information content (AvgIpc) is 3.50. The first kappa shape index (κ1) is 29.7. The van der Waals surface area contributed by atoms with Gasteiger partial charge in [0.1, 0.15) is 17.3 Å². The van der Waals surface area contributed by atoms with E-state index in [1.165, 1.54) is 37.8 Å². The minimum atomic E-state index is -0.288. The smallest absolute Gasteiger partial charge is 0.175 e. The lowest BCUT2D eigenvalue weighted by molar-refractivity contribution is 0.115. The molecule has 2 fully saturated rings. The van der Waals surface area contributed by atoms with Gasteiger partial charge in [0.15, 0.2) is 5.58 Å². The van der Waals surface area contributed by atoms with Gasteiger partial charge in [0.25, 0.3) is 0 Å². The highest BCUT2D eigenvalue weighted by molar-refractivity contribution is 5.86. The fraction of sp³-hybridized carbons (Fsp3) is 0.536. The molecule has 0 bridgehead atoms. The van der Waals surface area contributed by atoms with E-state index in [0.29, 0.717) is 30.6 Å². The Morgan fingerprint density at radius 2 is 1.81 bits per heavy atom. The van der Waals surface area contributed by atoms with E-state index in [2.05, 4.69) is 15.0 Å². The molecule has 0 atom stereocenters. The van der Waals surface area contributed by atoms with E-state index in [1.54, 1.807) is 12.1 Å². The summed E-state index contributed by atoms with van der Waals surface area (Å²) in [5.41, 5.74) is 2.92. The quantitative estimate of drug-likeness (QED) is 0.328. The van der Waals surface area contributed by atoms with E-state index in [4.69, 9.17) is 9.26 Å². The molecule has 2 aliphatic rings. The third-order valence-electron chi connectivity index (χ3n) is 7.64. The number of aliphatic hydroxyl groups excluding tert-OH is 1. The molecule has 1 aliphatic heterocycles. The van der Waals surface area contributed by atoms with Gasteiger partial charge in [0.05, 0.1) is 11.3 Å². The maximum atomic E-state index is 13.3. The van der Waals surface area contributed by atoms with E-state index in [-0.39, 0.29) is 36.0 Å². The lowest BCUT2D eigenvalue weighted by atomic mass is 9.90. The molecule has 0 amide bonds. The summed E-state index contributed by atoms with van der Waals surface area (Å²) < 4.78 is 25.3. The monoisotopic (exact) mass is 553 g/mol. The van der Waals surface area contributed by atoms with Gasteiger partial charge >= 0.3 is 0 Å². The van der Waals surface area contributed by atoms with Gasteiger partial charge in [-0.05, 0) is 108 Å². The SMILES string of the molecule is CN(C)Cc1c(Oc2ccc(F)cc2)ccc2c(CCC3CCN(CC4(CO)CC4)CC3)noc12.Cl.Cl. The molecule has 1 aliphatic carbocycles. The van der Waals surface area contributed by atoms with Gasteiger partial charge in [-0.3, -0.25) is 0 Å². The highest BCUT2D eigenvalue weighted by Crippen LogP contribution is 2.46.